The zero-order valence-corrected chi connectivity index (χ0v) is 18.3. The van der Waals surface area contributed by atoms with E-state index >= 15 is 0 Å². The summed E-state index contributed by atoms with van der Waals surface area (Å²) >= 11 is 0. The molecule has 4 nitrogen and oxygen atoms in total. The van der Waals surface area contributed by atoms with E-state index in [2.05, 4.69) is 43.4 Å². The second kappa shape index (κ2) is 29.5. The van der Waals surface area contributed by atoms with Gasteiger partial charge >= 0.3 is 0 Å². The quantitative estimate of drug-likeness (QED) is 0.424. The predicted molar refractivity (Wildman–Crippen MR) is 118 cm³/mol. The van der Waals surface area contributed by atoms with Gasteiger partial charge in [0.05, 0.1) is 0 Å². The highest BCUT2D eigenvalue weighted by Gasteiger charge is 1.96. The van der Waals surface area contributed by atoms with E-state index in [0.717, 1.165) is 27.3 Å². The molecule has 1 aromatic carbocycles. The van der Waals surface area contributed by atoms with Crippen molar-refractivity contribution in [3.63, 3.8) is 0 Å². The highest BCUT2D eigenvalue weighted by atomic mass is 16.2. The first-order valence-corrected chi connectivity index (χ1v) is 10.3. The molecule has 0 radical (unpaired) electrons. The third kappa shape index (κ3) is 22.7. The Kier molecular flexibility index (Phi) is 33.4. The molecule has 0 aromatic heterocycles. The Labute approximate surface area is 168 Å². The number of carbonyl (C=O) groups is 1. The Balaban J connectivity index is -0.000000869. The molecule has 0 unspecified atom stereocenters. The summed E-state index contributed by atoms with van der Waals surface area (Å²) in [5, 5.41) is 17.5. The van der Waals surface area contributed by atoms with Crippen LogP contribution < -0.4 is 5.32 Å². The summed E-state index contributed by atoms with van der Waals surface area (Å²) in [6.45, 7) is 8.66. The molecule has 0 bridgehead atoms. The number of aryl methyl sites for hydroxylation is 1. The Morgan fingerprint density at radius 1 is 0.704 bits per heavy atom. The number of hydrogen-bond acceptors (Lipinski definition) is 4. The minimum absolute atomic E-state index is 1.00. The molecule has 4 heteroatoms. The van der Waals surface area contributed by atoms with Gasteiger partial charge in [-0.2, -0.15) is 0 Å². The molecule has 1 rings (SSSR count). The Bertz CT molecular complexity index is 355. The van der Waals surface area contributed by atoms with E-state index < -0.39 is 0 Å². The van der Waals surface area contributed by atoms with Gasteiger partial charge in [0.2, 0.25) is 0 Å². The Hall–Kier alpha value is -1.23. The van der Waals surface area contributed by atoms with Crippen LogP contribution >= 0.6 is 0 Å². The van der Waals surface area contributed by atoms with E-state index in [1.165, 1.54) is 75.3 Å². The SMILES string of the molecule is C=O.CCCCCCCCCc1ccc(CNCCCC)cc1.CO.CO. The number of unbranched alkanes of at least 4 members (excludes halogenated alkanes) is 7. The summed E-state index contributed by atoms with van der Waals surface area (Å²) in [7, 11) is 2.00. The lowest BCUT2D eigenvalue weighted by atomic mass is 10.0. The van der Waals surface area contributed by atoms with Crippen molar-refractivity contribution in [2.24, 2.45) is 0 Å². The molecule has 3 N–H and O–H groups in total. The summed E-state index contributed by atoms with van der Waals surface area (Å²) in [5.41, 5.74) is 2.91. The van der Waals surface area contributed by atoms with Gasteiger partial charge in [-0.3, -0.25) is 0 Å². The first kappa shape index (κ1) is 30.5. The van der Waals surface area contributed by atoms with Gasteiger partial charge in [0.1, 0.15) is 6.79 Å². The zero-order chi connectivity index (χ0) is 21.2. The van der Waals surface area contributed by atoms with Gasteiger partial charge < -0.3 is 20.3 Å². The van der Waals surface area contributed by atoms with Crippen LogP contribution in [0.2, 0.25) is 0 Å². The lowest BCUT2D eigenvalue weighted by Gasteiger charge is -2.06. The van der Waals surface area contributed by atoms with Crippen LogP contribution in [0.1, 0.15) is 82.8 Å². The molecule has 0 spiro atoms. The number of carbonyl (C=O) groups excluding carboxylic acids is 1. The lowest BCUT2D eigenvalue weighted by molar-refractivity contribution is -0.0979. The molecule has 0 atom stereocenters. The van der Waals surface area contributed by atoms with Crippen molar-refractivity contribution in [1.82, 2.24) is 5.32 Å². The molecule has 0 aliphatic heterocycles. The topological polar surface area (TPSA) is 69.6 Å². The van der Waals surface area contributed by atoms with Crippen LogP contribution in [0.15, 0.2) is 24.3 Å². The van der Waals surface area contributed by atoms with Crippen molar-refractivity contribution in [1.29, 1.82) is 0 Å². The van der Waals surface area contributed by atoms with Gasteiger partial charge in [-0.15, -0.1) is 0 Å². The molecule has 0 fully saturated rings. The van der Waals surface area contributed by atoms with Crippen molar-refractivity contribution in [2.45, 2.75) is 84.6 Å². The largest absolute Gasteiger partial charge is 0.400 e. The van der Waals surface area contributed by atoms with Crippen LogP contribution in [-0.4, -0.2) is 37.8 Å². The predicted octanol–water partition coefficient (Wildman–Crippen LogP) is 4.90. The number of nitrogens with one attached hydrogen (secondary N) is 1. The van der Waals surface area contributed by atoms with Gasteiger partial charge in [0, 0.05) is 20.8 Å². The van der Waals surface area contributed by atoms with Crippen LogP contribution in [0.25, 0.3) is 0 Å². The zero-order valence-electron chi connectivity index (χ0n) is 18.3. The lowest BCUT2D eigenvalue weighted by Crippen LogP contribution is -2.14. The number of hydrogen-bond donors (Lipinski definition) is 3. The van der Waals surface area contributed by atoms with Crippen LogP contribution in [0.5, 0.6) is 0 Å². The molecular formula is C23H45NO3. The van der Waals surface area contributed by atoms with Gasteiger partial charge in [-0.05, 0) is 36.9 Å². The van der Waals surface area contributed by atoms with Crippen molar-refractivity contribution >= 4 is 6.79 Å². The molecule has 27 heavy (non-hydrogen) atoms. The summed E-state index contributed by atoms with van der Waals surface area (Å²) in [4.78, 5) is 8.00. The Morgan fingerprint density at radius 3 is 1.67 bits per heavy atom. The second-order valence-corrected chi connectivity index (χ2v) is 6.22. The summed E-state index contributed by atoms with van der Waals surface area (Å²) in [5.74, 6) is 0. The maximum atomic E-state index is 8.00. The molecular weight excluding hydrogens is 338 g/mol. The fraction of sp³-hybridized carbons (Fsp3) is 0.696. The second-order valence-electron chi connectivity index (χ2n) is 6.22. The highest BCUT2D eigenvalue weighted by Crippen LogP contribution is 2.11. The normalized spacial score (nSPS) is 9.11. The minimum Gasteiger partial charge on any atom is -0.400 e. The molecule has 0 saturated carbocycles. The number of aliphatic hydroxyl groups is 2. The van der Waals surface area contributed by atoms with Gasteiger partial charge in [-0.25, -0.2) is 0 Å². The average molecular weight is 384 g/mol. The molecule has 1 aromatic rings. The third-order valence-electron chi connectivity index (χ3n) is 4.13. The number of aliphatic hydroxyl groups excluding tert-OH is 2. The molecule has 0 aliphatic rings. The minimum atomic E-state index is 1.00. The van der Waals surface area contributed by atoms with Crippen molar-refractivity contribution in [3.05, 3.63) is 35.4 Å². The van der Waals surface area contributed by atoms with E-state index in [1.54, 1.807) is 0 Å². The van der Waals surface area contributed by atoms with E-state index in [9.17, 15) is 0 Å². The van der Waals surface area contributed by atoms with E-state index in [-0.39, 0.29) is 0 Å². The van der Waals surface area contributed by atoms with Crippen molar-refractivity contribution in [2.75, 3.05) is 20.8 Å². The molecule has 0 heterocycles. The monoisotopic (exact) mass is 383 g/mol. The average Bonchev–Trinajstić information content (AvgIpc) is 2.76. The maximum absolute atomic E-state index is 8.00. The van der Waals surface area contributed by atoms with Gasteiger partial charge in [0.15, 0.2) is 0 Å². The maximum Gasteiger partial charge on any atom is 0.106 e. The molecule has 0 aliphatic carbocycles. The van der Waals surface area contributed by atoms with E-state index in [0.29, 0.717) is 0 Å². The van der Waals surface area contributed by atoms with Crippen LogP contribution in [0.3, 0.4) is 0 Å². The first-order valence-electron chi connectivity index (χ1n) is 10.3. The molecule has 0 saturated heterocycles. The number of rotatable bonds is 13. The molecule has 160 valence electrons. The van der Waals surface area contributed by atoms with Crippen LogP contribution in [0.4, 0.5) is 0 Å². The smallest absolute Gasteiger partial charge is 0.106 e. The van der Waals surface area contributed by atoms with E-state index in [1.807, 2.05) is 6.79 Å². The number of benzene rings is 1. The summed E-state index contributed by atoms with van der Waals surface area (Å²) in [6, 6.07) is 9.20. The van der Waals surface area contributed by atoms with Gasteiger partial charge in [-0.1, -0.05) is 83.1 Å². The van der Waals surface area contributed by atoms with Crippen molar-refractivity contribution in [3.8, 4) is 0 Å². The molecule has 0 amide bonds. The fourth-order valence-electron chi connectivity index (χ4n) is 2.64. The summed E-state index contributed by atoms with van der Waals surface area (Å²) in [6.07, 6.45) is 13.6. The summed E-state index contributed by atoms with van der Waals surface area (Å²) < 4.78 is 0. The van der Waals surface area contributed by atoms with E-state index in [4.69, 9.17) is 15.0 Å². The third-order valence-corrected chi connectivity index (χ3v) is 4.13. The first-order chi connectivity index (χ1) is 13.4. The van der Waals surface area contributed by atoms with Crippen LogP contribution in [-0.2, 0) is 17.8 Å². The Morgan fingerprint density at radius 2 is 1.15 bits per heavy atom. The standard InChI is InChI=1S/C20H35N.2CH4O.CH2O/c1-3-5-7-8-9-10-11-12-19-13-15-20(16-14-19)18-21-17-6-4-2;3*1-2/h13-16,21H,3-12,17-18H2,1-2H3;2*2H,1H3;1H2. The fourth-order valence-corrected chi connectivity index (χ4v) is 2.64. The van der Waals surface area contributed by atoms with Gasteiger partial charge in [0.25, 0.3) is 0 Å². The van der Waals surface area contributed by atoms with Crippen LogP contribution in [0, 0.1) is 0 Å². The van der Waals surface area contributed by atoms with Crippen molar-refractivity contribution < 1.29 is 15.0 Å². The highest BCUT2D eigenvalue weighted by molar-refractivity contribution is 5.22.